The third-order valence-electron chi connectivity index (χ3n) is 2.17. The van der Waals surface area contributed by atoms with Crippen LogP contribution in [0.3, 0.4) is 0 Å². The lowest BCUT2D eigenvalue weighted by Crippen LogP contribution is -1.97. The van der Waals surface area contributed by atoms with Crippen molar-refractivity contribution in [2.45, 2.75) is 0 Å². The van der Waals surface area contributed by atoms with Gasteiger partial charge in [-0.1, -0.05) is 11.6 Å². The highest BCUT2D eigenvalue weighted by Gasteiger charge is 2.07. The van der Waals surface area contributed by atoms with Gasteiger partial charge < -0.3 is 15.2 Å². The number of ether oxygens (including phenoxy) is 2. The summed E-state index contributed by atoms with van der Waals surface area (Å²) in [7, 11) is 1.50. The number of methoxy groups -OCH3 is 1. The molecule has 2 aromatic rings. The maximum absolute atomic E-state index is 5.85. The molecule has 1 aromatic carbocycles. The van der Waals surface area contributed by atoms with E-state index >= 15 is 0 Å². The van der Waals surface area contributed by atoms with Crippen molar-refractivity contribution in [3.05, 3.63) is 39.8 Å². The minimum absolute atomic E-state index is 0.331. The molecule has 0 unspecified atom stereocenters. The lowest BCUT2D eigenvalue weighted by molar-refractivity contribution is 0.385. The smallest absolute Gasteiger partial charge is 0.240 e. The molecule has 0 fully saturated rings. The molecule has 4 nitrogen and oxygen atoms in total. The number of hydrogen-bond acceptors (Lipinski definition) is 4. The Bertz CT molecular complexity index is 578. The third kappa shape index (κ3) is 2.86. The molecule has 0 atom stereocenters. The Hall–Kier alpha value is -1.46. The van der Waals surface area contributed by atoms with E-state index in [2.05, 4.69) is 20.9 Å². The van der Waals surface area contributed by atoms with Gasteiger partial charge in [0.25, 0.3) is 0 Å². The summed E-state index contributed by atoms with van der Waals surface area (Å²) in [5.74, 6) is 1.33. The number of hydrogen-bond donors (Lipinski definition) is 1. The van der Waals surface area contributed by atoms with Crippen LogP contribution in [-0.4, -0.2) is 12.1 Å². The van der Waals surface area contributed by atoms with Crippen LogP contribution in [0.25, 0.3) is 0 Å². The highest BCUT2D eigenvalue weighted by molar-refractivity contribution is 9.10. The lowest BCUT2D eigenvalue weighted by Gasteiger charge is -2.09. The molecule has 6 heteroatoms. The minimum Gasteiger partial charge on any atom is -0.479 e. The largest absolute Gasteiger partial charge is 0.479 e. The molecule has 0 amide bonds. The van der Waals surface area contributed by atoms with Crippen molar-refractivity contribution < 1.29 is 9.47 Å². The molecule has 18 heavy (non-hydrogen) atoms. The van der Waals surface area contributed by atoms with Crippen molar-refractivity contribution in [3.8, 4) is 17.5 Å². The monoisotopic (exact) mass is 328 g/mol. The van der Waals surface area contributed by atoms with Crippen LogP contribution in [-0.2, 0) is 0 Å². The van der Waals surface area contributed by atoms with E-state index < -0.39 is 0 Å². The molecule has 0 saturated heterocycles. The fourth-order valence-corrected chi connectivity index (χ4v) is 2.09. The molecule has 0 spiro atoms. The zero-order valence-electron chi connectivity index (χ0n) is 9.48. The van der Waals surface area contributed by atoms with Crippen molar-refractivity contribution >= 4 is 33.2 Å². The Balaban J connectivity index is 2.28. The van der Waals surface area contributed by atoms with Gasteiger partial charge in [-0.05, 0) is 40.2 Å². The molecule has 1 aromatic heterocycles. The summed E-state index contributed by atoms with van der Waals surface area (Å²) in [6.07, 6.45) is 0. The Kier molecular flexibility index (Phi) is 3.93. The maximum atomic E-state index is 5.85. The first-order valence-electron chi connectivity index (χ1n) is 5.03. The number of nitrogen functional groups attached to an aromatic ring is 1. The first-order valence-corrected chi connectivity index (χ1v) is 6.20. The fourth-order valence-electron chi connectivity index (χ4n) is 1.33. The number of anilines is 1. The third-order valence-corrected chi connectivity index (χ3v) is 3.02. The second kappa shape index (κ2) is 5.46. The van der Waals surface area contributed by atoms with Crippen LogP contribution in [0.2, 0.25) is 5.02 Å². The summed E-state index contributed by atoms with van der Waals surface area (Å²) >= 11 is 9.21. The topological polar surface area (TPSA) is 57.4 Å². The average molecular weight is 330 g/mol. The first-order chi connectivity index (χ1) is 8.60. The van der Waals surface area contributed by atoms with Gasteiger partial charge in [0.1, 0.15) is 5.75 Å². The highest BCUT2D eigenvalue weighted by Crippen LogP contribution is 2.32. The summed E-state index contributed by atoms with van der Waals surface area (Å²) in [4.78, 5) is 4.13. The van der Waals surface area contributed by atoms with Gasteiger partial charge in [-0.2, -0.15) is 4.98 Å². The average Bonchev–Trinajstić information content (AvgIpc) is 2.35. The van der Waals surface area contributed by atoms with Gasteiger partial charge in [0.15, 0.2) is 0 Å². The molecule has 2 rings (SSSR count). The minimum atomic E-state index is 0.331. The second-order valence-electron chi connectivity index (χ2n) is 3.42. The van der Waals surface area contributed by atoms with Crippen molar-refractivity contribution in [3.63, 3.8) is 0 Å². The molecule has 1 heterocycles. The molecule has 0 aliphatic heterocycles. The van der Waals surface area contributed by atoms with Gasteiger partial charge in [-0.25, -0.2) is 0 Å². The zero-order chi connectivity index (χ0) is 13.1. The zero-order valence-corrected chi connectivity index (χ0v) is 11.8. The fraction of sp³-hybridized carbons (Fsp3) is 0.0833. The van der Waals surface area contributed by atoms with Gasteiger partial charge in [-0.3, -0.25) is 0 Å². The molecule has 0 saturated carbocycles. The second-order valence-corrected chi connectivity index (χ2v) is 4.72. The highest BCUT2D eigenvalue weighted by atomic mass is 79.9. The van der Waals surface area contributed by atoms with Crippen molar-refractivity contribution in [2.24, 2.45) is 0 Å². The van der Waals surface area contributed by atoms with E-state index in [0.29, 0.717) is 28.2 Å². The number of halogens is 2. The molecule has 0 bridgehead atoms. The predicted octanol–water partition coefficient (Wildman–Crippen LogP) is 3.88. The van der Waals surface area contributed by atoms with Crippen LogP contribution in [0.5, 0.6) is 17.5 Å². The van der Waals surface area contributed by atoms with E-state index in [0.717, 1.165) is 4.47 Å². The Morgan fingerprint density at radius 3 is 2.72 bits per heavy atom. The van der Waals surface area contributed by atoms with E-state index in [1.165, 1.54) is 7.11 Å². The number of aromatic nitrogens is 1. The molecule has 0 aliphatic carbocycles. The van der Waals surface area contributed by atoms with Crippen molar-refractivity contribution in [2.75, 3.05) is 12.8 Å². The number of pyridine rings is 1. The molecule has 0 radical (unpaired) electrons. The van der Waals surface area contributed by atoms with E-state index in [-0.39, 0.29) is 0 Å². The summed E-state index contributed by atoms with van der Waals surface area (Å²) in [6, 6.07) is 8.56. The van der Waals surface area contributed by atoms with Gasteiger partial charge in [0.2, 0.25) is 11.8 Å². The normalized spacial score (nSPS) is 10.2. The van der Waals surface area contributed by atoms with E-state index in [1.807, 2.05) is 0 Å². The number of benzene rings is 1. The molecular formula is C12H10BrClN2O2. The van der Waals surface area contributed by atoms with Crippen LogP contribution >= 0.6 is 27.5 Å². The molecule has 2 N–H and O–H groups in total. The lowest BCUT2D eigenvalue weighted by atomic mass is 10.3. The standard InChI is InChI=1S/C12H10BrClN2O2/c1-17-12-9(15)3-5-11(16-12)18-10-4-2-7(14)6-8(10)13/h2-6H,15H2,1H3. The van der Waals surface area contributed by atoms with E-state index in [1.54, 1.807) is 30.3 Å². The summed E-state index contributed by atoms with van der Waals surface area (Å²) in [6.45, 7) is 0. The number of rotatable bonds is 3. The van der Waals surface area contributed by atoms with Gasteiger partial charge in [0.05, 0.1) is 17.3 Å². The summed E-state index contributed by atoms with van der Waals surface area (Å²) in [5, 5.41) is 0.622. The number of nitrogens with two attached hydrogens (primary N) is 1. The molecule has 0 aliphatic rings. The summed E-state index contributed by atoms with van der Waals surface area (Å²) < 4.78 is 11.4. The van der Waals surface area contributed by atoms with Gasteiger partial charge in [-0.15, -0.1) is 0 Å². The van der Waals surface area contributed by atoms with Crippen LogP contribution in [0.1, 0.15) is 0 Å². The Morgan fingerprint density at radius 2 is 2.06 bits per heavy atom. The van der Waals surface area contributed by atoms with Crippen molar-refractivity contribution in [1.29, 1.82) is 0 Å². The van der Waals surface area contributed by atoms with E-state index in [9.17, 15) is 0 Å². The van der Waals surface area contributed by atoms with Crippen LogP contribution in [0.4, 0.5) is 5.69 Å². The van der Waals surface area contributed by atoms with Crippen molar-refractivity contribution in [1.82, 2.24) is 4.98 Å². The Labute approximate surface area is 118 Å². The quantitative estimate of drug-likeness (QED) is 0.928. The number of nitrogens with zero attached hydrogens (tertiary/aromatic N) is 1. The maximum Gasteiger partial charge on any atom is 0.240 e. The predicted molar refractivity (Wildman–Crippen MR) is 74.4 cm³/mol. The first kappa shape index (κ1) is 13.0. The van der Waals surface area contributed by atoms with Gasteiger partial charge in [0, 0.05) is 11.1 Å². The SMILES string of the molecule is COc1nc(Oc2ccc(Cl)cc2Br)ccc1N. The van der Waals surface area contributed by atoms with Crippen LogP contribution in [0.15, 0.2) is 34.8 Å². The van der Waals surface area contributed by atoms with Gasteiger partial charge >= 0.3 is 0 Å². The van der Waals surface area contributed by atoms with E-state index in [4.69, 9.17) is 26.8 Å². The van der Waals surface area contributed by atoms with Crippen LogP contribution in [0, 0.1) is 0 Å². The molecule has 94 valence electrons. The van der Waals surface area contributed by atoms with Crippen LogP contribution < -0.4 is 15.2 Å². The summed E-state index contributed by atoms with van der Waals surface area (Å²) in [5.41, 5.74) is 6.13. The molecular weight excluding hydrogens is 320 g/mol. The Morgan fingerprint density at radius 1 is 1.28 bits per heavy atom.